The minimum absolute atomic E-state index is 0.0759. The van der Waals surface area contributed by atoms with E-state index in [2.05, 4.69) is 82.5 Å². The van der Waals surface area contributed by atoms with Crippen LogP contribution in [0.4, 0.5) is 0 Å². The SMILES string of the molecule is CC1(C)CCc2nc(C3=NCN(C4=CC(c5ccccc5)NC5(c6ccccc6)CC45)N3)ccc2C1=O. The highest BCUT2D eigenvalue weighted by molar-refractivity contribution is 6.03. The third kappa shape index (κ3) is 3.62. The molecule has 3 unspecified atom stereocenters. The van der Waals surface area contributed by atoms with E-state index < -0.39 is 0 Å². The van der Waals surface area contributed by atoms with Crippen molar-refractivity contribution in [1.82, 2.24) is 20.7 Å². The molecule has 0 bridgehead atoms. The Bertz CT molecular complexity index is 1440. The highest BCUT2D eigenvalue weighted by Gasteiger charge is 2.61. The minimum atomic E-state index is -0.317. The Kier molecular flexibility index (Phi) is 4.92. The van der Waals surface area contributed by atoms with Crippen LogP contribution in [0.1, 0.15) is 65.6 Å². The van der Waals surface area contributed by atoms with Gasteiger partial charge in [-0.25, -0.2) is 9.98 Å². The van der Waals surface area contributed by atoms with Gasteiger partial charge in [0.1, 0.15) is 12.4 Å². The Morgan fingerprint density at radius 3 is 2.51 bits per heavy atom. The molecule has 0 spiro atoms. The van der Waals surface area contributed by atoms with Gasteiger partial charge >= 0.3 is 0 Å². The highest BCUT2D eigenvalue weighted by atomic mass is 16.1. The van der Waals surface area contributed by atoms with Gasteiger partial charge in [-0.1, -0.05) is 74.5 Å². The Labute approximate surface area is 217 Å². The third-order valence-electron chi connectivity index (χ3n) is 8.50. The maximum absolute atomic E-state index is 12.9. The lowest BCUT2D eigenvalue weighted by Crippen LogP contribution is -2.43. The molecule has 186 valence electrons. The first kappa shape index (κ1) is 22.4. The zero-order valence-electron chi connectivity index (χ0n) is 21.2. The molecule has 3 heterocycles. The van der Waals surface area contributed by atoms with Gasteiger partial charge in [0, 0.05) is 22.6 Å². The summed E-state index contributed by atoms with van der Waals surface area (Å²) in [6.45, 7) is 4.58. The maximum atomic E-state index is 12.9. The first-order valence-electron chi connectivity index (χ1n) is 13.2. The number of benzene rings is 2. The summed E-state index contributed by atoms with van der Waals surface area (Å²) in [7, 11) is 0. The summed E-state index contributed by atoms with van der Waals surface area (Å²) in [6.07, 6.45) is 5.04. The van der Waals surface area contributed by atoms with E-state index in [-0.39, 0.29) is 22.8 Å². The molecule has 2 aromatic carbocycles. The van der Waals surface area contributed by atoms with Gasteiger partial charge in [0.2, 0.25) is 0 Å². The molecule has 7 rings (SSSR count). The number of amidine groups is 1. The standard InChI is InChI=1S/C31H31N5O/c1-30(2)16-15-24-22(28(30)37)13-14-25(33-24)29-32-19-36(35-29)27-17-26(20-9-5-3-6-10-20)34-31(18-23(27)31)21-11-7-4-8-12-21/h3-14,17,23,26,34H,15-16,18-19H2,1-2H3,(H,32,35). The van der Waals surface area contributed by atoms with Gasteiger partial charge in [0.25, 0.3) is 0 Å². The zero-order chi connectivity index (χ0) is 25.2. The molecular formula is C31H31N5O. The molecule has 2 aliphatic heterocycles. The Balaban J connectivity index is 1.18. The number of rotatable bonds is 4. The van der Waals surface area contributed by atoms with Crippen molar-refractivity contribution in [2.24, 2.45) is 16.3 Å². The summed E-state index contributed by atoms with van der Waals surface area (Å²) >= 11 is 0. The fourth-order valence-corrected chi connectivity index (χ4v) is 6.21. The molecule has 3 atom stereocenters. The number of nitrogens with one attached hydrogen (secondary N) is 2. The lowest BCUT2D eigenvalue weighted by atomic mass is 9.75. The van der Waals surface area contributed by atoms with E-state index in [9.17, 15) is 4.79 Å². The second-order valence-electron chi connectivity index (χ2n) is 11.3. The predicted molar refractivity (Wildman–Crippen MR) is 144 cm³/mol. The fraction of sp³-hybridized carbons (Fsp3) is 0.323. The van der Waals surface area contributed by atoms with Crippen LogP contribution in [0.25, 0.3) is 0 Å². The number of pyridine rings is 1. The van der Waals surface area contributed by atoms with Crippen molar-refractivity contribution in [2.75, 3.05) is 6.67 Å². The Morgan fingerprint density at radius 1 is 0.973 bits per heavy atom. The van der Waals surface area contributed by atoms with Gasteiger partial charge in [-0.3, -0.25) is 20.5 Å². The molecule has 4 aliphatic rings. The molecular weight excluding hydrogens is 458 g/mol. The van der Waals surface area contributed by atoms with E-state index in [0.29, 0.717) is 12.6 Å². The lowest BCUT2D eigenvalue weighted by Gasteiger charge is -2.34. The van der Waals surface area contributed by atoms with Crippen LogP contribution in [-0.2, 0) is 12.0 Å². The molecule has 37 heavy (non-hydrogen) atoms. The fourth-order valence-electron chi connectivity index (χ4n) is 6.21. The molecule has 1 saturated carbocycles. The molecule has 1 aromatic heterocycles. The summed E-state index contributed by atoms with van der Waals surface area (Å²) in [5.74, 6) is 1.32. The summed E-state index contributed by atoms with van der Waals surface area (Å²) in [4.78, 5) is 22.6. The lowest BCUT2D eigenvalue weighted by molar-refractivity contribution is 0.0809. The maximum Gasteiger partial charge on any atom is 0.170 e. The number of aliphatic imine (C=N–C) groups is 1. The second-order valence-corrected chi connectivity index (χ2v) is 11.3. The summed E-state index contributed by atoms with van der Waals surface area (Å²) < 4.78 is 0. The van der Waals surface area contributed by atoms with Gasteiger partial charge in [-0.2, -0.15) is 0 Å². The highest BCUT2D eigenvalue weighted by Crippen LogP contribution is 2.60. The van der Waals surface area contributed by atoms with Crippen LogP contribution >= 0.6 is 0 Å². The monoisotopic (exact) mass is 489 g/mol. The van der Waals surface area contributed by atoms with E-state index in [1.54, 1.807) is 0 Å². The van der Waals surface area contributed by atoms with Crippen molar-refractivity contribution in [2.45, 2.75) is 44.7 Å². The quantitative estimate of drug-likeness (QED) is 0.545. The normalized spacial score (nSPS) is 27.5. The largest absolute Gasteiger partial charge is 0.296 e. The van der Waals surface area contributed by atoms with E-state index in [0.717, 1.165) is 42.0 Å². The number of Topliss-reactive ketones (excluding diaryl/α,β-unsaturated/α-hetero) is 1. The van der Waals surface area contributed by atoms with E-state index in [4.69, 9.17) is 9.98 Å². The van der Waals surface area contributed by atoms with Crippen LogP contribution in [0.15, 0.2) is 89.6 Å². The molecule has 3 aromatic rings. The minimum Gasteiger partial charge on any atom is -0.296 e. The average Bonchev–Trinajstić information content (AvgIpc) is 3.49. The van der Waals surface area contributed by atoms with Crippen LogP contribution in [0.5, 0.6) is 0 Å². The Hall–Kier alpha value is -3.77. The molecule has 2 aliphatic carbocycles. The van der Waals surface area contributed by atoms with Crippen molar-refractivity contribution in [1.29, 1.82) is 0 Å². The molecule has 1 fully saturated rings. The van der Waals surface area contributed by atoms with Gasteiger partial charge < -0.3 is 0 Å². The van der Waals surface area contributed by atoms with Gasteiger partial charge in [-0.05, 0) is 48.6 Å². The van der Waals surface area contributed by atoms with Crippen LogP contribution in [-0.4, -0.2) is 28.3 Å². The number of carbonyl (C=O) groups excluding carboxylic acids is 1. The number of carbonyl (C=O) groups is 1. The summed E-state index contributed by atoms with van der Waals surface area (Å²) in [5.41, 5.74) is 9.45. The number of aryl methyl sites for hydroxylation is 1. The van der Waals surface area contributed by atoms with Crippen LogP contribution < -0.4 is 10.7 Å². The molecule has 0 saturated heterocycles. The van der Waals surface area contributed by atoms with Crippen LogP contribution in [0.2, 0.25) is 0 Å². The number of ketones is 1. The second kappa shape index (κ2) is 8.12. The zero-order valence-corrected chi connectivity index (χ0v) is 21.2. The molecule has 0 amide bonds. The van der Waals surface area contributed by atoms with E-state index >= 15 is 0 Å². The number of aromatic nitrogens is 1. The Morgan fingerprint density at radius 2 is 1.73 bits per heavy atom. The smallest absolute Gasteiger partial charge is 0.170 e. The van der Waals surface area contributed by atoms with E-state index in [1.165, 1.54) is 16.8 Å². The summed E-state index contributed by atoms with van der Waals surface area (Å²) in [6, 6.07) is 25.4. The van der Waals surface area contributed by atoms with Crippen LogP contribution in [0, 0.1) is 11.3 Å². The van der Waals surface area contributed by atoms with Gasteiger partial charge in [-0.15, -0.1) is 0 Å². The number of hydrogen-bond donors (Lipinski definition) is 2. The third-order valence-corrected chi connectivity index (χ3v) is 8.50. The number of hydrogen-bond acceptors (Lipinski definition) is 6. The van der Waals surface area contributed by atoms with Gasteiger partial charge in [0.05, 0.1) is 17.3 Å². The van der Waals surface area contributed by atoms with Crippen molar-refractivity contribution in [3.8, 4) is 0 Å². The number of fused-ring (bicyclic) bond motifs is 2. The van der Waals surface area contributed by atoms with E-state index in [1.807, 2.05) is 26.0 Å². The number of hydrazine groups is 1. The van der Waals surface area contributed by atoms with Crippen molar-refractivity contribution < 1.29 is 4.79 Å². The molecule has 6 nitrogen and oxygen atoms in total. The topological polar surface area (TPSA) is 69.6 Å². The predicted octanol–water partition coefficient (Wildman–Crippen LogP) is 4.90. The number of nitrogens with zero attached hydrogens (tertiary/aromatic N) is 3. The first-order chi connectivity index (χ1) is 17.9. The van der Waals surface area contributed by atoms with Crippen molar-refractivity contribution in [3.05, 3.63) is 113 Å². The van der Waals surface area contributed by atoms with Crippen molar-refractivity contribution >= 4 is 11.6 Å². The summed E-state index contributed by atoms with van der Waals surface area (Å²) in [5, 5.41) is 6.14. The van der Waals surface area contributed by atoms with Crippen LogP contribution in [0.3, 0.4) is 0 Å². The average molecular weight is 490 g/mol. The van der Waals surface area contributed by atoms with Crippen molar-refractivity contribution in [3.63, 3.8) is 0 Å². The first-order valence-corrected chi connectivity index (χ1v) is 13.2. The van der Waals surface area contributed by atoms with Gasteiger partial charge in [0.15, 0.2) is 11.6 Å². The molecule has 0 radical (unpaired) electrons. The molecule has 6 heteroatoms. The molecule has 2 N–H and O–H groups in total.